The molecule has 0 bridgehead atoms. The van der Waals surface area contributed by atoms with Crippen molar-refractivity contribution >= 4 is 0 Å². The average molecular weight is 385 g/mol. The molecule has 1 saturated carbocycles. The van der Waals surface area contributed by atoms with Crippen molar-refractivity contribution < 1.29 is 0 Å². The molecule has 0 aromatic heterocycles. The zero-order valence-corrected chi connectivity index (χ0v) is 18.0. The normalized spacial score (nSPS) is 26.9. The van der Waals surface area contributed by atoms with Gasteiger partial charge < -0.3 is 0 Å². The van der Waals surface area contributed by atoms with Gasteiger partial charge in [0.25, 0.3) is 0 Å². The average Bonchev–Trinajstić information content (AvgIpc) is 2.79. The van der Waals surface area contributed by atoms with Crippen LogP contribution in [0.5, 0.6) is 0 Å². The number of allylic oxidation sites excluding steroid dienone is 3. The minimum atomic E-state index is 0.756. The van der Waals surface area contributed by atoms with E-state index in [1.165, 1.54) is 61.6 Å². The van der Waals surface area contributed by atoms with Crippen molar-refractivity contribution in [2.24, 2.45) is 17.8 Å². The Kier molecular flexibility index (Phi) is 6.70. The molecule has 2 atom stereocenters. The Balaban J connectivity index is 1.30. The first kappa shape index (κ1) is 20.2. The molecule has 2 aromatic rings. The molecule has 0 N–H and O–H groups in total. The zero-order chi connectivity index (χ0) is 20.1. The quantitative estimate of drug-likeness (QED) is 0.438. The number of rotatable bonds is 6. The van der Waals surface area contributed by atoms with Crippen LogP contribution in [0.3, 0.4) is 0 Å². The van der Waals surface area contributed by atoms with Crippen molar-refractivity contribution in [2.45, 2.75) is 64.2 Å². The van der Waals surface area contributed by atoms with E-state index in [9.17, 15) is 0 Å². The van der Waals surface area contributed by atoms with Gasteiger partial charge in [-0.1, -0.05) is 72.3 Å². The first-order valence-corrected chi connectivity index (χ1v) is 11.7. The van der Waals surface area contributed by atoms with E-state index in [4.69, 9.17) is 0 Å². The standard InChI is InChI=1S/C29H36/c1-3-4-5-23-8-12-25(13-9-23)27-16-20-29(21-17-27)28-18-14-26(15-19-28)24-10-6-22(2)7-11-24/h3,6-8,10-12,14-15,18-19,23,25,27,29H,1,4-5,9,13,16-17,20-21H2,2H3. The minimum absolute atomic E-state index is 0.756. The van der Waals surface area contributed by atoms with Gasteiger partial charge in [0, 0.05) is 0 Å². The van der Waals surface area contributed by atoms with Gasteiger partial charge in [-0.2, -0.15) is 0 Å². The highest BCUT2D eigenvalue weighted by atomic mass is 14.3. The molecule has 0 spiro atoms. The van der Waals surface area contributed by atoms with Crippen molar-refractivity contribution in [1.29, 1.82) is 0 Å². The molecule has 1 fully saturated rings. The lowest BCUT2D eigenvalue weighted by Gasteiger charge is -2.35. The smallest absolute Gasteiger partial charge is 0.0162 e. The molecule has 0 amide bonds. The summed E-state index contributed by atoms with van der Waals surface area (Å²) in [5.41, 5.74) is 5.52. The van der Waals surface area contributed by atoms with E-state index in [0.29, 0.717) is 0 Å². The summed E-state index contributed by atoms with van der Waals surface area (Å²) < 4.78 is 0. The highest BCUT2D eigenvalue weighted by Gasteiger charge is 2.28. The number of benzene rings is 2. The highest BCUT2D eigenvalue weighted by molar-refractivity contribution is 5.64. The number of aryl methyl sites for hydroxylation is 1. The van der Waals surface area contributed by atoms with Crippen LogP contribution in [0.1, 0.15) is 68.4 Å². The Morgan fingerprint density at radius 1 is 0.793 bits per heavy atom. The van der Waals surface area contributed by atoms with Gasteiger partial charge in [0.05, 0.1) is 0 Å². The van der Waals surface area contributed by atoms with Gasteiger partial charge >= 0.3 is 0 Å². The molecule has 0 aliphatic heterocycles. The van der Waals surface area contributed by atoms with E-state index in [1.807, 2.05) is 0 Å². The van der Waals surface area contributed by atoms with Crippen molar-refractivity contribution in [3.63, 3.8) is 0 Å². The lowest BCUT2D eigenvalue weighted by atomic mass is 9.70. The van der Waals surface area contributed by atoms with E-state index in [1.54, 1.807) is 5.56 Å². The first-order valence-electron chi connectivity index (χ1n) is 11.7. The summed E-state index contributed by atoms with van der Waals surface area (Å²) in [5, 5.41) is 0. The molecular formula is C29H36. The maximum absolute atomic E-state index is 3.86. The fourth-order valence-corrected chi connectivity index (χ4v) is 5.44. The van der Waals surface area contributed by atoms with Gasteiger partial charge in [-0.25, -0.2) is 0 Å². The first-order chi connectivity index (χ1) is 14.2. The van der Waals surface area contributed by atoms with E-state index in [2.05, 4.69) is 80.3 Å². The molecule has 152 valence electrons. The molecule has 0 heteroatoms. The van der Waals surface area contributed by atoms with Gasteiger partial charge in [-0.15, -0.1) is 6.58 Å². The number of hydrogen-bond acceptors (Lipinski definition) is 0. The van der Waals surface area contributed by atoms with Crippen molar-refractivity contribution in [3.8, 4) is 11.1 Å². The summed E-state index contributed by atoms with van der Waals surface area (Å²) >= 11 is 0. The third-order valence-corrected chi connectivity index (χ3v) is 7.39. The van der Waals surface area contributed by atoms with E-state index < -0.39 is 0 Å². The summed E-state index contributed by atoms with van der Waals surface area (Å²) in [4.78, 5) is 0. The Bertz CT molecular complexity index is 800. The summed E-state index contributed by atoms with van der Waals surface area (Å²) in [6.07, 6.45) is 17.9. The van der Waals surface area contributed by atoms with Gasteiger partial charge in [-0.05, 0) is 98.7 Å². The zero-order valence-electron chi connectivity index (χ0n) is 18.0. The van der Waals surface area contributed by atoms with Crippen LogP contribution in [0.2, 0.25) is 0 Å². The summed E-state index contributed by atoms with van der Waals surface area (Å²) in [6.45, 7) is 6.01. The lowest BCUT2D eigenvalue weighted by molar-refractivity contribution is 0.239. The predicted molar refractivity (Wildman–Crippen MR) is 126 cm³/mol. The van der Waals surface area contributed by atoms with Crippen LogP contribution in [0.4, 0.5) is 0 Å². The molecule has 0 heterocycles. The Hall–Kier alpha value is -2.08. The topological polar surface area (TPSA) is 0 Å². The van der Waals surface area contributed by atoms with Crippen molar-refractivity contribution in [2.75, 3.05) is 0 Å². The minimum Gasteiger partial charge on any atom is -0.103 e. The van der Waals surface area contributed by atoms with Crippen LogP contribution in [0, 0.1) is 24.7 Å². The molecule has 2 unspecified atom stereocenters. The van der Waals surface area contributed by atoms with Crippen LogP contribution < -0.4 is 0 Å². The Morgan fingerprint density at radius 3 is 2.03 bits per heavy atom. The van der Waals surface area contributed by atoms with Crippen LogP contribution in [0.15, 0.2) is 73.3 Å². The van der Waals surface area contributed by atoms with Crippen LogP contribution in [-0.4, -0.2) is 0 Å². The second-order valence-electron chi connectivity index (χ2n) is 9.35. The van der Waals surface area contributed by atoms with E-state index >= 15 is 0 Å². The Morgan fingerprint density at radius 2 is 1.45 bits per heavy atom. The van der Waals surface area contributed by atoms with Gasteiger partial charge in [0.2, 0.25) is 0 Å². The maximum atomic E-state index is 3.86. The van der Waals surface area contributed by atoms with Crippen LogP contribution in [0.25, 0.3) is 11.1 Å². The monoisotopic (exact) mass is 384 g/mol. The molecule has 2 aliphatic rings. The van der Waals surface area contributed by atoms with Crippen molar-refractivity contribution in [1.82, 2.24) is 0 Å². The second-order valence-corrected chi connectivity index (χ2v) is 9.35. The number of hydrogen-bond donors (Lipinski definition) is 0. The third-order valence-electron chi connectivity index (χ3n) is 7.39. The van der Waals surface area contributed by atoms with Gasteiger partial charge in [-0.3, -0.25) is 0 Å². The highest BCUT2D eigenvalue weighted by Crippen LogP contribution is 2.42. The third kappa shape index (κ3) is 5.10. The largest absolute Gasteiger partial charge is 0.103 e. The molecule has 2 aliphatic carbocycles. The predicted octanol–water partition coefficient (Wildman–Crippen LogP) is 8.48. The second kappa shape index (κ2) is 9.61. The summed E-state index contributed by atoms with van der Waals surface area (Å²) in [5.74, 6) is 3.30. The SMILES string of the molecule is C=CCCC1C=CC(C2CCC(c3ccc(-c4ccc(C)cc4)cc3)CC2)CC1. The van der Waals surface area contributed by atoms with E-state index in [0.717, 1.165) is 30.1 Å². The molecule has 0 saturated heterocycles. The fraction of sp³-hybridized carbons (Fsp3) is 0.448. The molecular weight excluding hydrogens is 348 g/mol. The molecule has 0 nitrogen and oxygen atoms in total. The van der Waals surface area contributed by atoms with Crippen molar-refractivity contribution in [3.05, 3.63) is 84.5 Å². The van der Waals surface area contributed by atoms with E-state index in [-0.39, 0.29) is 0 Å². The molecule has 29 heavy (non-hydrogen) atoms. The lowest BCUT2D eigenvalue weighted by Crippen LogP contribution is -2.22. The van der Waals surface area contributed by atoms with Crippen LogP contribution in [-0.2, 0) is 0 Å². The molecule has 2 aromatic carbocycles. The van der Waals surface area contributed by atoms with Gasteiger partial charge in [0.15, 0.2) is 0 Å². The Labute approximate surface area is 177 Å². The fourth-order valence-electron chi connectivity index (χ4n) is 5.44. The molecule has 4 rings (SSSR count). The molecule has 0 radical (unpaired) electrons. The summed E-state index contributed by atoms with van der Waals surface area (Å²) in [6, 6.07) is 18.3. The van der Waals surface area contributed by atoms with Gasteiger partial charge in [0.1, 0.15) is 0 Å². The van der Waals surface area contributed by atoms with Crippen LogP contribution >= 0.6 is 0 Å². The summed E-state index contributed by atoms with van der Waals surface area (Å²) in [7, 11) is 0. The maximum Gasteiger partial charge on any atom is -0.0162 e.